The van der Waals surface area contributed by atoms with Crippen molar-refractivity contribution in [2.75, 3.05) is 13.7 Å². The molecule has 2 atom stereocenters. The molecule has 1 fully saturated rings. The first kappa shape index (κ1) is 12.6. The first-order valence-corrected chi connectivity index (χ1v) is 6.43. The molecule has 1 aliphatic rings. The summed E-state index contributed by atoms with van der Waals surface area (Å²) in [5, 5.41) is 7.80. The van der Waals surface area contributed by atoms with Crippen molar-refractivity contribution in [2.45, 2.75) is 51.3 Å². The molecule has 2 unspecified atom stereocenters. The minimum Gasteiger partial charge on any atom is -0.373 e. The standard InChI is InChI=1S/C13H23N3O/c1-10(2)16-11(6-8-15-16)12(14-4)13(3)7-5-9-17-13/h6,8,10,12,14H,5,7,9H2,1-4H3. The molecule has 0 bridgehead atoms. The molecule has 1 aromatic heterocycles. The summed E-state index contributed by atoms with van der Waals surface area (Å²) in [6.45, 7) is 7.37. The molecule has 0 aliphatic carbocycles. The third-order valence-corrected chi connectivity index (χ3v) is 3.63. The van der Waals surface area contributed by atoms with Gasteiger partial charge in [-0.2, -0.15) is 5.10 Å². The van der Waals surface area contributed by atoms with Crippen LogP contribution in [0.2, 0.25) is 0 Å². The lowest BCUT2D eigenvalue weighted by molar-refractivity contribution is -0.0130. The number of nitrogens with zero attached hydrogens (tertiary/aromatic N) is 2. The van der Waals surface area contributed by atoms with E-state index in [9.17, 15) is 0 Å². The minimum atomic E-state index is -0.110. The Kier molecular flexibility index (Phi) is 3.54. The molecule has 2 rings (SSSR count). The smallest absolute Gasteiger partial charge is 0.0864 e. The van der Waals surface area contributed by atoms with Crippen molar-refractivity contribution in [3.63, 3.8) is 0 Å². The molecule has 0 saturated carbocycles. The fourth-order valence-corrected chi connectivity index (χ4v) is 2.78. The highest BCUT2D eigenvalue weighted by Crippen LogP contribution is 2.37. The molecule has 0 aromatic carbocycles. The van der Waals surface area contributed by atoms with Crippen LogP contribution in [0.4, 0.5) is 0 Å². The van der Waals surface area contributed by atoms with E-state index in [1.807, 2.05) is 13.2 Å². The largest absolute Gasteiger partial charge is 0.373 e. The monoisotopic (exact) mass is 237 g/mol. The molecular weight excluding hydrogens is 214 g/mol. The van der Waals surface area contributed by atoms with Gasteiger partial charge in [-0.25, -0.2) is 0 Å². The Balaban J connectivity index is 2.31. The zero-order chi connectivity index (χ0) is 12.5. The molecule has 1 N–H and O–H groups in total. The van der Waals surface area contributed by atoms with Gasteiger partial charge in [0, 0.05) is 18.8 Å². The number of likely N-dealkylation sites (N-methyl/N-ethyl adjacent to an activating group) is 1. The van der Waals surface area contributed by atoms with E-state index < -0.39 is 0 Å². The van der Waals surface area contributed by atoms with Gasteiger partial charge in [-0.05, 0) is 46.7 Å². The molecule has 0 radical (unpaired) electrons. The van der Waals surface area contributed by atoms with Crippen LogP contribution in [0.25, 0.3) is 0 Å². The predicted octanol–water partition coefficient (Wildman–Crippen LogP) is 2.29. The Morgan fingerprint density at radius 3 is 2.82 bits per heavy atom. The van der Waals surface area contributed by atoms with E-state index in [1.165, 1.54) is 5.69 Å². The number of nitrogens with one attached hydrogen (secondary N) is 1. The number of rotatable bonds is 4. The molecule has 17 heavy (non-hydrogen) atoms. The van der Waals surface area contributed by atoms with Crippen LogP contribution in [0.5, 0.6) is 0 Å². The van der Waals surface area contributed by atoms with Crippen LogP contribution in [0.15, 0.2) is 12.3 Å². The highest BCUT2D eigenvalue weighted by atomic mass is 16.5. The summed E-state index contributed by atoms with van der Waals surface area (Å²) in [6.07, 6.45) is 4.12. The van der Waals surface area contributed by atoms with Crippen LogP contribution in [-0.2, 0) is 4.74 Å². The van der Waals surface area contributed by atoms with Crippen LogP contribution in [0.3, 0.4) is 0 Å². The van der Waals surface area contributed by atoms with E-state index in [2.05, 4.69) is 41.9 Å². The van der Waals surface area contributed by atoms with Crippen LogP contribution in [0.1, 0.15) is 51.4 Å². The third kappa shape index (κ3) is 2.24. The number of hydrogen-bond acceptors (Lipinski definition) is 3. The number of aromatic nitrogens is 2. The van der Waals surface area contributed by atoms with Gasteiger partial charge in [0.1, 0.15) is 0 Å². The van der Waals surface area contributed by atoms with Gasteiger partial charge < -0.3 is 10.1 Å². The molecule has 1 aromatic rings. The third-order valence-electron chi connectivity index (χ3n) is 3.63. The highest BCUT2D eigenvalue weighted by Gasteiger charge is 2.40. The first-order valence-electron chi connectivity index (χ1n) is 6.43. The molecular formula is C13H23N3O. The minimum absolute atomic E-state index is 0.110. The van der Waals surface area contributed by atoms with E-state index in [-0.39, 0.29) is 11.6 Å². The molecule has 4 heteroatoms. The van der Waals surface area contributed by atoms with Crippen LogP contribution in [-0.4, -0.2) is 29.0 Å². The topological polar surface area (TPSA) is 39.1 Å². The summed E-state index contributed by atoms with van der Waals surface area (Å²) in [7, 11) is 2.00. The lowest BCUT2D eigenvalue weighted by atomic mass is 9.90. The average molecular weight is 237 g/mol. The van der Waals surface area contributed by atoms with Crippen LogP contribution < -0.4 is 5.32 Å². The Bertz CT molecular complexity index is 366. The Morgan fingerprint density at radius 2 is 2.29 bits per heavy atom. The fraction of sp³-hybridized carbons (Fsp3) is 0.769. The van der Waals surface area contributed by atoms with Gasteiger partial charge in [0.25, 0.3) is 0 Å². The second-order valence-electron chi connectivity index (χ2n) is 5.28. The zero-order valence-corrected chi connectivity index (χ0v) is 11.2. The molecule has 96 valence electrons. The van der Waals surface area contributed by atoms with Crippen LogP contribution >= 0.6 is 0 Å². The van der Waals surface area contributed by atoms with E-state index in [1.54, 1.807) is 0 Å². The Labute approximate surface area is 103 Å². The van der Waals surface area contributed by atoms with E-state index in [0.29, 0.717) is 6.04 Å². The molecule has 1 aliphatic heterocycles. The van der Waals surface area contributed by atoms with Crippen molar-refractivity contribution >= 4 is 0 Å². The van der Waals surface area contributed by atoms with Crippen molar-refractivity contribution in [3.8, 4) is 0 Å². The summed E-state index contributed by atoms with van der Waals surface area (Å²) in [4.78, 5) is 0. The first-order chi connectivity index (χ1) is 8.08. The average Bonchev–Trinajstić information content (AvgIpc) is 2.89. The van der Waals surface area contributed by atoms with E-state index in [4.69, 9.17) is 4.74 Å². The van der Waals surface area contributed by atoms with Crippen molar-refractivity contribution in [1.82, 2.24) is 15.1 Å². The Hall–Kier alpha value is -0.870. The molecule has 0 amide bonds. The maximum Gasteiger partial charge on any atom is 0.0864 e. The second kappa shape index (κ2) is 4.78. The van der Waals surface area contributed by atoms with Crippen molar-refractivity contribution in [2.24, 2.45) is 0 Å². The number of ether oxygens (including phenoxy) is 1. The van der Waals surface area contributed by atoms with Gasteiger partial charge in [0.05, 0.1) is 17.3 Å². The summed E-state index contributed by atoms with van der Waals surface area (Å²) in [6, 6.07) is 2.67. The summed E-state index contributed by atoms with van der Waals surface area (Å²) in [5.74, 6) is 0. The van der Waals surface area contributed by atoms with Gasteiger partial charge in [-0.3, -0.25) is 4.68 Å². The lowest BCUT2D eigenvalue weighted by Crippen LogP contribution is -2.41. The highest BCUT2D eigenvalue weighted by molar-refractivity contribution is 5.14. The van der Waals surface area contributed by atoms with Gasteiger partial charge in [0.15, 0.2) is 0 Å². The van der Waals surface area contributed by atoms with E-state index >= 15 is 0 Å². The predicted molar refractivity (Wildman–Crippen MR) is 68.0 cm³/mol. The SMILES string of the molecule is CNC(c1ccnn1C(C)C)C1(C)CCCO1. The molecule has 2 heterocycles. The van der Waals surface area contributed by atoms with Gasteiger partial charge in [-0.1, -0.05) is 0 Å². The molecule has 1 saturated heterocycles. The Morgan fingerprint density at radius 1 is 1.53 bits per heavy atom. The number of hydrogen-bond donors (Lipinski definition) is 1. The van der Waals surface area contributed by atoms with E-state index in [0.717, 1.165) is 19.4 Å². The van der Waals surface area contributed by atoms with Gasteiger partial charge in [-0.15, -0.1) is 0 Å². The normalized spacial score (nSPS) is 26.6. The summed E-state index contributed by atoms with van der Waals surface area (Å²) >= 11 is 0. The van der Waals surface area contributed by atoms with Gasteiger partial charge in [0.2, 0.25) is 0 Å². The maximum absolute atomic E-state index is 5.95. The quantitative estimate of drug-likeness (QED) is 0.873. The van der Waals surface area contributed by atoms with Crippen LogP contribution in [0, 0.1) is 0 Å². The zero-order valence-electron chi connectivity index (χ0n) is 11.2. The van der Waals surface area contributed by atoms with Crippen molar-refractivity contribution in [3.05, 3.63) is 18.0 Å². The summed E-state index contributed by atoms with van der Waals surface area (Å²) in [5.41, 5.74) is 1.11. The van der Waals surface area contributed by atoms with Crippen molar-refractivity contribution in [1.29, 1.82) is 0 Å². The molecule has 0 spiro atoms. The summed E-state index contributed by atoms with van der Waals surface area (Å²) < 4.78 is 8.03. The van der Waals surface area contributed by atoms with Gasteiger partial charge >= 0.3 is 0 Å². The second-order valence-corrected chi connectivity index (χ2v) is 5.28. The maximum atomic E-state index is 5.95. The van der Waals surface area contributed by atoms with Crippen molar-refractivity contribution < 1.29 is 4.74 Å². The molecule has 4 nitrogen and oxygen atoms in total. The fourth-order valence-electron chi connectivity index (χ4n) is 2.78. The lowest BCUT2D eigenvalue weighted by Gasteiger charge is -2.34.